The Morgan fingerprint density at radius 2 is 1.96 bits per heavy atom. The van der Waals surface area contributed by atoms with Crippen LogP contribution in [0.5, 0.6) is 0 Å². The number of ether oxygens (including phenoxy) is 2. The van der Waals surface area contributed by atoms with Crippen LogP contribution < -0.4 is 5.32 Å². The van der Waals surface area contributed by atoms with E-state index in [1.165, 1.54) is 18.4 Å². The number of ketones is 1. The molecule has 0 unspecified atom stereocenters. The smallest absolute Gasteiger partial charge is 0.411 e. The average Bonchev–Trinajstić information content (AvgIpc) is 2.90. The Morgan fingerprint density at radius 1 is 1.25 bits per heavy atom. The van der Waals surface area contributed by atoms with Gasteiger partial charge in [-0.15, -0.1) is 11.3 Å². The lowest BCUT2D eigenvalue weighted by atomic mass is 9.90. The monoisotopic (exact) mass is 345 g/mol. The zero-order valence-electron chi connectivity index (χ0n) is 13.8. The number of thiophene rings is 1. The fraction of sp³-hybridized carbons (Fsp3) is 0.333. The second kappa shape index (κ2) is 6.37. The van der Waals surface area contributed by atoms with Crippen molar-refractivity contribution in [3.05, 3.63) is 51.9 Å². The summed E-state index contributed by atoms with van der Waals surface area (Å²) in [5.74, 6) is -0.0998. The van der Waals surface area contributed by atoms with Crippen molar-refractivity contribution in [2.45, 2.75) is 32.5 Å². The Balaban J connectivity index is 2.09. The van der Waals surface area contributed by atoms with Gasteiger partial charge in [-0.25, -0.2) is 4.79 Å². The molecule has 1 aliphatic heterocycles. The number of fused-ring (bicyclic) bond motifs is 1. The first-order valence-electron chi connectivity index (χ1n) is 7.64. The Bertz CT molecular complexity index is 780. The van der Waals surface area contributed by atoms with E-state index in [4.69, 9.17) is 4.74 Å². The van der Waals surface area contributed by atoms with Gasteiger partial charge in [0.25, 0.3) is 0 Å². The molecule has 1 aromatic heterocycles. The molecule has 0 fully saturated rings. The molecule has 2 aromatic rings. The lowest BCUT2D eigenvalue weighted by Crippen LogP contribution is -2.32. The molecule has 1 amide bonds. The van der Waals surface area contributed by atoms with Gasteiger partial charge in [0.05, 0.1) is 24.9 Å². The molecule has 6 heteroatoms. The molecule has 0 bridgehead atoms. The first kappa shape index (κ1) is 16.7. The largest absolute Gasteiger partial charge is 0.453 e. The molecular weight excluding hydrogens is 326 g/mol. The second-order valence-electron chi connectivity index (χ2n) is 6.24. The summed E-state index contributed by atoms with van der Waals surface area (Å²) in [6, 6.07) is 9.07. The van der Waals surface area contributed by atoms with Crippen molar-refractivity contribution in [3.8, 4) is 0 Å². The highest BCUT2D eigenvalue weighted by Gasteiger charge is 2.34. The number of rotatable bonds is 3. The van der Waals surface area contributed by atoms with E-state index in [0.29, 0.717) is 29.2 Å². The molecule has 24 heavy (non-hydrogen) atoms. The Labute approximate surface area is 144 Å². The van der Waals surface area contributed by atoms with Gasteiger partial charge in [0.1, 0.15) is 5.00 Å². The molecule has 0 saturated heterocycles. The third kappa shape index (κ3) is 3.20. The molecule has 126 valence electrons. The van der Waals surface area contributed by atoms with Crippen LogP contribution in [0.15, 0.2) is 30.3 Å². The molecular formula is C18H19NO4S. The molecule has 0 saturated carbocycles. The van der Waals surface area contributed by atoms with Gasteiger partial charge < -0.3 is 9.47 Å². The zero-order chi connectivity index (χ0) is 17.3. The van der Waals surface area contributed by atoms with Gasteiger partial charge in [-0.05, 0) is 19.4 Å². The summed E-state index contributed by atoms with van der Waals surface area (Å²) >= 11 is 1.37. The maximum Gasteiger partial charge on any atom is 0.411 e. The minimum atomic E-state index is -0.587. The van der Waals surface area contributed by atoms with Gasteiger partial charge >= 0.3 is 6.09 Å². The number of carbonyl (C=O) groups excluding carboxylic acids is 2. The van der Waals surface area contributed by atoms with Crippen LogP contribution in [-0.4, -0.2) is 24.6 Å². The van der Waals surface area contributed by atoms with E-state index in [1.54, 1.807) is 12.1 Å². The van der Waals surface area contributed by atoms with Crippen LogP contribution in [0.1, 0.15) is 40.2 Å². The molecule has 1 N–H and O–H groups in total. The molecule has 0 radical (unpaired) electrons. The fourth-order valence-electron chi connectivity index (χ4n) is 2.76. The summed E-state index contributed by atoms with van der Waals surface area (Å²) in [6.45, 7) is 4.43. The lowest BCUT2D eigenvalue weighted by molar-refractivity contribution is -0.0383. The highest BCUT2D eigenvalue weighted by Crippen LogP contribution is 2.41. The molecule has 1 aliphatic rings. The van der Waals surface area contributed by atoms with E-state index in [9.17, 15) is 9.59 Å². The topological polar surface area (TPSA) is 64.6 Å². The Hall–Kier alpha value is -2.18. The summed E-state index contributed by atoms with van der Waals surface area (Å²) in [5, 5.41) is 3.19. The Morgan fingerprint density at radius 3 is 2.62 bits per heavy atom. The number of amides is 1. The summed E-state index contributed by atoms with van der Waals surface area (Å²) in [4.78, 5) is 25.7. The van der Waals surface area contributed by atoms with Gasteiger partial charge in [-0.3, -0.25) is 10.1 Å². The minimum absolute atomic E-state index is 0.0998. The van der Waals surface area contributed by atoms with Gasteiger partial charge in [-0.2, -0.15) is 0 Å². The second-order valence-corrected chi connectivity index (χ2v) is 7.35. The quantitative estimate of drug-likeness (QED) is 0.854. The number of benzene rings is 1. The number of anilines is 1. The summed E-state index contributed by atoms with van der Waals surface area (Å²) in [5.41, 5.74) is 1.75. The van der Waals surface area contributed by atoms with E-state index in [1.807, 2.05) is 32.0 Å². The molecule has 3 rings (SSSR count). The highest BCUT2D eigenvalue weighted by molar-refractivity contribution is 7.17. The number of methoxy groups -OCH3 is 1. The van der Waals surface area contributed by atoms with Crippen molar-refractivity contribution in [1.82, 2.24) is 0 Å². The van der Waals surface area contributed by atoms with Crippen LogP contribution in [0.3, 0.4) is 0 Å². The molecule has 0 aliphatic carbocycles. The summed E-state index contributed by atoms with van der Waals surface area (Å²) in [7, 11) is 1.30. The standard InChI is InChI=1S/C18H19NO4S/c1-18(2)9-12-13(10-23-18)24-16(19-17(21)22-3)14(12)15(20)11-7-5-4-6-8-11/h4-8H,9-10H2,1-3H3,(H,19,21). The van der Waals surface area contributed by atoms with Crippen LogP contribution in [0.4, 0.5) is 9.80 Å². The maximum absolute atomic E-state index is 13.1. The number of carbonyl (C=O) groups is 2. The van der Waals surface area contributed by atoms with Crippen molar-refractivity contribution in [2.24, 2.45) is 0 Å². The fourth-order valence-corrected chi connectivity index (χ4v) is 3.87. The van der Waals surface area contributed by atoms with Gasteiger partial charge in [-0.1, -0.05) is 30.3 Å². The van der Waals surface area contributed by atoms with Gasteiger partial charge in [0, 0.05) is 16.9 Å². The molecule has 0 atom stereocenters. The third-order valence-corrected chi connectivity index (χ3v) is 5.07. The third-order valence-electron chi connectivity index (χ3n) is 3.95. The summed E-state index contributed by atoms with van der Waals surface area (Å²) < 4.78 is 10.5. The van der Waals surface area contributed by atoms with E-state index < -0.39 is 6.09 Å². The lowest BCUT2D eigenvalue weighted by Gasteiger charge is -2.30. The van der Waals surface area contributed by atoms with Crippen molar-refractivity contribution in [3.63, 3.8) is 0 Å². The molecule has 0 spiro atoms. The van der Waals surface area contributed by atoms with E-state index in [2.05, 4.69) is 10.1 Å². The highest BCUT2D eigenvalue weighted by atomic mass is 32.1. The number of nitrogens with one attached hydrogen (secondary N) is 1. The Kier molecular flexibility index (Phi) is 4.43. The van der Waals surface area contributed by atoms with Crippen LogP contribution in [0.25, 0.3) is 0 Å². The van der Waals surface area contributed by atoms with Crippen molar-refractivity contribution >= 4 is 28.2 Å². The van der Waals surface area contributed by atoms with E-state index >= 15 is 0 Å². The molecule has 5 nitrogen and oxygen atoms in total. The predicted octanol–water partition coefficient (Wildman–Crippen LogP) is 4.01. The normalized spacial score (nSPS) is 15.5. The van der Waals surface area contributed by atoms with Crippen molar-refractivity contribution < 1.29 is 19.1 Å². The van der Waals surface area contributed by atoms with Crippen LogP contribution in [0.2, 0.25) is 0 Å². The van der Waals surface area contributed by atoms with Crippen LogP contribution >= 0.6 is 11.3 Å². The van der Waals surface area contributed by atoms with Crippen molar-refractivity contribution in [1.29, 1.82) is 0 Å². The molecule has 2 heterocycles. The van der Waals surface area contributed by atoms with Gasteiger partial charge in [0.15, 0.2) is 5.78 Å². The first-order valence-corrected chi connectivity index (χ1v) is 8.46. The summed E-state index contributed by atoms with van der Waals surface area (Å²) in [6.07, 6.45) is 0.0335. The SMILES string of the molecule is COC(=O)Nc1sc2c(c1C(=O)c1ccccc1)CC(C)(C)OC2. The van der Waals surface area contributed by atoms with Crippen molar-refractivity contribution in [2.75, 3.05) is 12.4 Å². The number of hydrogen-bond donors (Lipinski definition) is 1. The predicted molar refractivity (Wildman–Crippen MR) is 92.8 cm³/mol. The number of hydrogen-bond acceptors (Lipinski definition) is 5. The van der Waals surface area contributed by atoms with E-state index in [-0.39, 0.29) is 11.4 Å². The zero-order valence-corrected chi connectivity index (χ0v) is 14.7. The molecule has 1 aromatic carbocycles. The maximum atomic E-state index is 13.1. The van der Waals surface area contributed by atoms with Crippen LogP contribution in [-0.2, 0) is 22.5 Å². The van der Waals surface area contributed by atoms with E-state index in [0.717, 1.165) is 10.4 Å². The first-order chi connectivity index (χ1) is 11.4. The minimum Gasteiger partial charge on any atom is -0.453 e. The average molecular weight is 345 g/mol. The van der Waals surface area contributed by atoms with Crippen LogP contribution in [0, 0.1) is 0 Å². The van der Waals surface area contributed by atoms with Gasteiger partial charge in [0.2, 0.25) is 0 Å².